The number of hydrogen-bond donors (Lipinski definition) is 6. The first kappa shape index (κ1) is 65.1. The van der Waals surface area contributed by atoms with Gasteiger partial charge in [0, 0.05) is 47.4 Å². The summed E-state index contributed by atoms with van der Waals surface area (Å²) in [5.41, 5.74) is 23.6. The summed E-state index contributed by atoms with van der Waals surface area (Å²) >= 11 is 0. The van der Waals surface area contributed by atoms with E-state index in [-0.39, 0.29) is 80.3 Å². The molecule has 9 N–H and O–H groups in total. The van der Waals surface area contributed by atoms with E-state index in [1.807, 2.05) is 24.3 Å². The smallest absolute Gasteiger partial charge is 0.870 e. The van der Waals surface area contributed by atoms with E-state index in [2.05, 4.69) is 65.4 Å². The third kappa shape index (κ3) is 20.7. The molecule has 428 valence electrons. The van der Waals surface area contributed by atoms with Crippen LogP contribution >= 0.6 is 0 Å². The quantitative estimate of drug-likeness (QED) is 0.00715. The summed E-state index contributed by atoms with van der Waals surface area (Å²) in [6, 6.07) is 24.3. The molecule has 6 aromatic carbocycles. The average molecular weight is 1130 g/mol. The number of anilines is 5. The van der Waals surface area contributed by atoms with Gasteiger partial charge in [0.2, 0.25) is 0 Å². The SMILES string of the molecule is CCCCCCCCCCCCNc1ccc(N=Nc2ccc(N=Nc3cc(S(=O)(=O)O)c4ccc(N=Nc5ccc(N=Nc6ccc(NCCCCCCCCCCCC)cc6N)cc5OC)c([O-])c4c3N)c(OC)c2)c(N)c1.[Na+]. The summed E-state index contributed by atoms with van der Waals surface area (Å²) in [7, 11) is -2.03. The van der Waals surface area contributed by atoms with E-state index in [9.17, 15) is 18.1 Å². The Morgan fingerprint density at radius 2 is 0.840 bits per heavy atom. The number of nitrogens with zero attached hydrogens (tertiary/aromatic N) is 8. The molecule has 0 amide bonds. The van der Waals surface area contributed by atoms with Gasteiger partial charge < -0.3 is 42.4 Å². The molecule has 0 fully saturated rings. The average Bonchev–Trinajstić information content (AvgIpc) is 3.50. The van der Waals surface area contributed by atoms with Crippen LogP contribution in [0.2, 0.25) is 0 Å². The maximum atomic E-state index is 14.0. The molecule has 21 heteroatoms. The summed E-state index contributed by atoms with van der Waals surface area (Å²) in [4.78, 5) is -0.614. The van der Waals surface area contributed by atoms with Crippen LogP contribution < -0.4 is 72.0 Å². The standard InChI is InChI=1S/C60H81N13O6S.Na/c1-5-7-9-11-13-15-17-19-21-23-35-64-42-25-30-49(47(61)37-42)68-66-44-27-32-51(55(39-44)78-3)70-72-53-34-29-46-57(80(75,76)77)41-54(59(63)58(46)60(53)74)73-71-52-33-28-45(40-56(52)79-4)67-69-50-31-26-43(38-48(50)62)65-36-24-22-20-18-16-14-12-10-8-6-2;/h25-34,37-41,64-65,74H,5-24,35-36,61-63H2,1-4H3,(H,75,76,77);/q;+1/p-1. The van der Waals surface area contributed by atoms with Crippen LogP contribution in [0.25, 0.3) is 10.8 Å². The van der Waals surface area contributed by atoms with Crippen molar-refractivity contribution in [1.82, 2.24) is 0 Å². The van der Waals surface area contributed by atoms with Gasteiger partial charge in [-0.2, -0.15) is 23.8 Å². The van der Waals surface area contributed by atoms with E-state index in [1.165, 1.54) is 142 Å². The second kappa shape index (κ2) is 34.5. The van der Waals surface area contributed by atoms with Crippen molar-refractivity contribution >= 4 is 94.8 Å². The summed E-state index contributed by atoms with van der Waals surface area (Å²) in [5.74, 6) is -0.261. The number of azo groups is 4. The van der Waals surface area contributed by atoms with Crippen molar-refractivity contribution < 1.29 is 57.1 Å². The number of rotatable bonds is 35. The normalized spacial score (nSPS) is 11.9. The zero-order valence-corrected chi connectivity index (χ0v) is 50.7. The minimum atomic E-state index is -4.91. The number of nitrogen functional groups attached to an aromatic ring is 3. The zero-order valence-electron chi connectivity index (χ0n) is 47.9. The predicted molar refractivity (Wildman–Crippen MR) is 323 cm³/mol. The summed E-state index contributed by atoms with van der Waals surface area (Å²) in [6.45, 7) is 6.22. The first-order valence-electron chi connectivity index (χ1n) is 28.2. The van der Waals surface area contributed by atoms with Gasteiger partial charge in [-0.1, -0.05) is 141 Å². The van der Waals surface area contributed by atoms with Gasteiger partial charge >= 0.3 is 29.6 Å². The predicted octanol–water partition coefficient (Wildman–Crippen LogP) is 15.3. The van der Waals surface area contributed by atoms with Gasteiger partial charge in [-0.25, -0.2) is 0 Å². The Bertz CT molecular complexity index is 3190. The second-order valence-electron chi connectivity index (χ2n) is 19.9. The van der Waals surface area contributed by atoms with Gasteiger partial charge in [0.05, 0.1) is 48.3 Å². The molecular weight excluding hydrogens is 1050 g/mol. The van der Waals surface area contributed by atoms with Crippen molar-refractivity contribution in [2.45, 2.75) is 147 Å². The number of hydrogen-bond acceptors (Lipinski definition) is 18. The number of ether oxygens (including phenoxy) is 2. The molecule has 0 radical (unpaired) electrons. The number of unbranched alkanes of at least 4 members (excludes halogenated alkanes) is 18. The van der Waals surface area contributed by atoms with E-state index in [1.54, 1.807) is 48.5 Å². The van der Waals surface area contributed by atoms with Crippen LogP contribution in [0.5, 0.6) is 17.2 Å². The summed E-state index contributed by atoms with van der Waals surface area (Å²) < 4.78 is 46.9. The number of nitrogens with two attached hydrogens (primary N) is 3. The van der Waals surface area contributed by atoms with E-state index < -0.39 is 20.8 Å². The minimum Gasteiger partial charge on any atom is -0.870 e. The molecule has 0 spiro atoms. The molecule has 0 atom stereocenters. The van der Waals surface area contributed by atoms with Gasteiger partial charge in [0.15, 0.2) is 0 Å². The number of methoxy groups -OCH3 is 2. The van der Waals surface area contributed by atoms with Crippen molar-refractivity contribution in [2.75, 3.05) is 55.1 Å². The van der Waals surface area contributed by atoms with Gasteiger partial charge in [0.25, 0.3) is 10.1 Å². The summed E-state index contributed by atoms with van der Waals surface area (Å²) in [6.07, 6.45) is 25.6. The Morgan fingerprint density at radius 3 is 1.25 bits per heavy atom. The van der Waals surface area contributed by atoms with Crippen molar-refractivity contribution in [3.63, 3.8) is 0 Å². The van der Waals surface area contributed by atoms with Crippen LogP contribution in [-0.4, -0.2) is 40.3 Å². The zero-order chi connectivity index (χ0) is 57.1. The second-order valence-corrected chi connectivity index (χ2v) is 21.3. The molecule has 0 aliphatic rings. The number of benzene rings is 6. The molecule has 19 nitrogen and oxygen atoms in total. The first-order valence-corrected chi connectivity index (χ1v) is 29.6. The molecule has 6 aromatic rings. The molecule has 0 heterocycles. The van der Waals surface area contributed by atoms with E-state index in [0.29, 0.717) is 34.1 Å². The van der Waals surface area contributed by atoms with Crippen LogP contribution in [-0.2, 0) is 10.1 Å². The maximum absolute atomic E-state index is 14.0. The number of fused-ring (bicyclic) bond motifs is 1. The Labute approximate surface area is 500 Å². The van der Waals surface area contributed by atoms with E-state index in [4.69, 9.17) is 26.7 Å². The monoisotopic (exact) mass is 1130 g/mol. The number of nitrogens with one attached hydrogen (secondary N) is 2. The fourth-order valence-electron chi connectivity index (χ4n) is 9.09. The van der Waals surface area contributed by atoms with Crippen molar-refractivity contribution in [3.8, 4) is 17.2 Å². The van der Waals surface area contributed by atoms with E-state index in [0.717, 1.165) is 43.4 Å². The van der Waals surface area contributed by atoms with Gasteiger partial charge in [-0.15, -0.1) is 25.6 Å². The fourth-order valence-corrected chi connectivity index (χ4v) is 9.80. The third-order valence-electron chi connectivity index (χ3n) is 13.7. The molecule has 0 aliphatic carbocycles. The van der Waals surface area contributed by atoms with Crippen LogP contribution in [0, 0.1) is 0 Å². The molecule has 0 aliphatic heterocycles. The van der Waals surface area contributed by atoms with Crippen molar-refractivity contribution in [1.29, 1.82) is 0 Å². The fraction of sp³-hybridized carbons (Fsp3) is 0.433. The molecule has 0 saturated heterocycles. The molecule has 0 bridgehead atoms. The molecule has 0 saturated carbocycles. The molecule has 0 aromatic heterocycles. The van der Waals surface area contributed by atoms with Crippen molar-refractivity contribution in [3.05, 3.63) is 91.0 Å². The van der Waals surface area contributed by atoms with Crippen molar-refractivity contribution in [2.24, 2.45) is 40.9 Å². The molecule has 0 unspecified atom stereocenters. The van der Waals surface area contributed by atoms with E-state index >= 15 is 0 Å². The Morgan fingerprint density at radius 1 is 0.469 bits per heavy atom. The first-order chi connectivity index (χ1) is 38.8. The van der Waals surface area contributed by atoms with Gasteiger partial charge in [0.1, 0.15) is 44.8 Å². The molecule has 6 rings (SSSR count). The molecule has 81 heavy (non-hydrogen) atoms. The van der Waals surface area contributed by atoms with Gasteiger partial charge in [-0.3, -0.25) is 4.55 Å². The Kier molecular flexibility index (Phi) is 27.8. The third-order valence-corrected chi connectivity index (χ3v) is 14.6. The van der Waals surface area contributed by atoms with Crippen LogP contribution in [0.1, 0.15) is 142 Å². The maximum Gasteiger partial charge on any atom is 1.00 e. The van der Waals surface area contributed by atoms with Crippen LogP contribution in [0.15, 0.2) is 137 Å². The Hall–Kier alpha value is -6.71. The molecular formula is C60H80N13NaO6S. The van der Waals surface area contributed by atoms with Gasteiger partial charge in [-0.05, 0) is 85.6 Å². The minimum absolute atomic E-state index is 0. The topological polar surface area (TPSA) is 297 Å². The Balaban J connectivity index is 0.0000120. The summed E-state index contributed by atoms with van der Waals surface area (Å²) in [5, 5.41) is 54.8. The largest absolute Gasteiger partial charge is 1.00 e. The van der Waals surface area contributed by atoms with Crippen LogP contribution in [0.3, 0.4) is 0 Å². The van der Waals surface area contributed by atoms with Crippen LogP contribution in [0.4, 0.5) is 73.9 Å².